The van der Waals surface area contributed by atoms with Gasteiger partial charge in [0.2, 0.25) is 0 Å². The highest BCUT2D eigenvalue weighted by Crippen LogP contribution is 2.21. The van der Waals surface area contributed by atoms with Gasteiger partial charge in [-0.25, -0.2) is 4.39 Å². The molecule has 1 heterocycles. The maximum Gasteiger partial charge on any atom is 0.126 e. The Hall–Kier alpha value is -1.74. The maximum absolute atomic E-state index is 13.7. The van der Waals surface area contributed by atoms with Crippen LogP contribution in [0, 0.1) is 12.7 Å². The van der Waals surface area contributed by atoms with Gasteiger partial charge in [-0.15, -0.1) is 0 Å². The molecule has 2 nitrogen and oxygen atoms in total. The van der Waals surface area contributed by atoms with Crippen LogP contribution >= 0.6 is 0 Å². The van der Waals surface area contributed by atoms with E-state index in [9.17, 15) is 4.39 Å². The van der Waals surface area contributed by atoms with Gasteiger partial charge in [-0.1, -0.05) is 25.1 Å². The van der Waals surface area contributed by atoms with Crippen molar-refractivity contribution in [3.05, 3.63) is 65.2 Å². The molecule has 1 aromatic carbocycles. The van der Waals surface area contributed by atoms with Gasteiger partial charge < -0.3 is 5.32 Å². The second kappa shape index (κ2) is 7.15. The lowest BCUT2D eigenvalue weighted by Crippen LogP contribution is -2.21. The van der Waals surface area contributed by atoms with Gasteiger partial charge in [-0.2, -0.15) is 0 Å². The number of hydrogen-bond acceptors (Lipinski definition) is 2. The van der Waals surface area contributed by atoms with Crippen LogP contribution in [-0.2, 0) is 6.42 Å². The van der Waals surface area contributed by atoms with Gasteiger partial charge in [0.15, 0.2) is 0 Å². The smallest absolute Gasteiger partial charge is 0.126 e. The van der Waals surface area contributed by atoms with E-state index in [-0.39, 0.29) is 11.9 Å². The topological polar surface area (TPSA) is 24.9 Å². The molecule has 0 spiro atoms. The zero-order valence-corrected chi connectivity index (χ0v) is 12.1. The minimum atomic E-state index is -0.136. The van der Waals surface area contributed by atoms with Crippen LogP contribution in [0.3, 0.4) is 0 Å². The van der Waals surface area contributed by atoms with E-state index in [0.717, 1.165) is 30.6 Å². The highest BCUT2D eigenvalue weighted by atomic mass is 19.1. The fraction of sp³-hybridized carbons (Fsp3) is 0.353. The molecule has 20 heavy (non-hydrogen) atoms. The lowest BCUT2D eigenvalue weighted by atomic mass is 9.99. The maximum atomic E-state index is 13.7. The number of benzene rings is 1. The molecule has 0 radical (unpaired) electrons. The Bertz CT molecular complexity index is 540. The third-order valence-corrected chi connectivity index (χ3v) is 3.46. The summed E-state index contributed by atoms with van der Waals surface area (Å²) in [6.07, 6.45) is 3.60. The SMILES string of the molecule is CCNC(CCc1ccccn1)c1ccc(C)c(F)c1. The van der Waals surface area contributed by atoms with Crippen molar-refractivity contribution in [3.63, 3.8) is 0 Å². The number of rotatable bonds is 6. The standard InChI is InChI=1S/C17H21FN2/c1-3-19-17(10-9-15-6-4-5-11-20-15)14-8-7-13(2)16(18)12-14/h4-8,11-12,17,19H,3,9-10H2,1-2H3. The van der Waals surface area contributed by atoms with E-state index in [1.807, 2.05) is 36.5 Å². The predicted octanol–water partition coefficient (Wildman–Crippen LogP) is 3.81. The third-order valence-electron chi connectivity index (χ3n) is 3.46. The second-order valence-electron chi connectivity index (χ2n) is 4.98. The van der Waals surface area contributed by atoms with Gasteiger partial charge in [0.25, 0.3) is 0 Å². The van der Waals surface area contributed by atoms with Crippen LogP contribution < -0.4 is 5.32 Å². The van der Waals surface area contributed by atoms with Gasteiger partial charge in [0.05, 0.1) is 0 Å². The molecule has 1 aromatic heterocycles. The van der Waals surface area contributed by atoms with E-state index in [1.165, 1.54) is 0 Å². The van der Waals surface area contributed by atoms with Crippen molar-refractivity contribution in [2.75, 3.05) is 6.54 Å². The van der Waals surface area contributed by atoms with Crippen molar-refractivity contribution in [3.8, 4) is 0 Å². The Morgan fingerprint density at radius 3 is 2.75 bits per heavy atom. The normalized spacial score (nSPS) is 12.3. The van der Waals surface area contributed by atoms with Crippen LogP contribution in [0.1, 0.15) is 36.2 Å². The number of aryl methyl sites for hydroxylation is 2. The zero-order valence-electron chi connectivity index (χ0n) is 12.1. The average Bonchev–Trinajstić information content (AvgIpc) is 2.47. The summed E-state index contributed by atoms with van der Waals surface area (Å²) in [5.74, 6) is -0.136. The van der Waals surface area contributed by atoms with Crippen molar-refractivity contribution < 1.29 is 4.39 Å². The first-order valence-electron chi connectivity index (χ1n) is 7.10. The summed E-state index contributed by atoms with van der Waals surface area (Å²) in [5, 5.41) is 3.42. The first kappa shape index (κ1) is 14.7. The van der Waals surface area contributed by atoms with E-state index in [4.69, 9.17) is 0 Å². The molecule has 0 aliphatic rings. The molecule has 0 saturated heterocycles. The zero-order chi connectivity index (χ0) is 14.4. The van der Waals surface area contributed by atoms with Crippen LogP contribution in [0.15, 0.2) is 42.6 Å². The monoisotopic (exact) mass is 272 g/mol. The third kappa shape index (κ3) is 3.87. The summed E-state index contributed by atoms with van der Waals surface area (Å²) in [6.45, 7) is 4.72. The second-order valence-corrected chi connectivity index (χ2v) is 4.98. The molecule has 1 atom stereocenters. The number of aromatic nitrogens is 1. The van der Waals surface area contributed by atoms with Crippen LogP contribution in [0.4, 0.5) is 4.39 Å². The van der Waals surface area contributed by atoms with Crippen molar-refractivity contribution in [1.29, 1.82) is 0 Å². The molecule has 106 valence electrons. The van der Waals surface area contributed by atoms with Crippen LogP contribution in [0.2, 0.25) is 0 Å². The van der Waals surface area contributed by atoms with E-state index >= 15 is 0 Å². The molecule has 1 unspecified atom stereocenters. The van der Waals surface area contributed by atoms with Gasteiger partial charge in [-0.05, 0) is 55.6 Å². The first-order chi connectivity index (χ1) is 9.70. The van der Waals surface area contributed by atoms with E-state index in [1.54, 1.807) is 13.0 Å². The van der Waals surface area contributed by atoms with Gasteiger partial charge in [0, 0.05) is 17.9 Å². The van der Waals surface area contributed by atoms with Crippen LogP contribution in [0.5, 0.6) is 0 Å². The molecular formula is C17H21FN2. The summed E-state index contributed by atoms with van der Waals surface area (Å²) in [6, 6.07) is 11.6. The number of pyridine rings is 1. The molecule has 0 saturated carbocycles. The Morgan fingerprint density at radius 1 is 1.25 bits per heavy atom. The first-order valence-corrected chi connectivity index (χ1v) is 7.10. The Balaban J connectivity index is 2.08. The fourth-order valence-corrected chi connectivity index (χ4v) is 2.30. The lowest BCUT2D eigenvalue weighted by Gasteiger charge is -2.18. The largest absolute Gasteiger partial charge is 0.310 e. The fourth-order valence-electron chi connectivity index (χ4n) is 2.30. The van der Waals surface area contributed by atoms with Crippen molar-refractivity contribution in [2.24, 2.45) is 0 Å². The summed E-state index contributed by atoms with van der Waals surface area (Å²) in [5.41, 5.74) is 2.77. The van der Waals surface area contributed by atoms with Gasteiger partial charge in [0.1, 0.15) is 5.82 Å². The van der Waals surface area contributed by atoms with E-state index in [0.29, 0.717) is 5.56 Å². The molecule has 0 aliphatic carbocycles. The van der Waals surface area contributed by atoms with Crippen molar-refractivity contribution in [1.82, 2.24) is 10.3 Å². The van der Waals surface area contributed by atoms with Gasteiger partial charge >= 0.3 is 0 Å². The van der Waals surface area contributed by atoms with E-state index < -0.39 is 0 Å². The molecular weight excluding hydrogens is 251 g/mol. The number of hydrogen-bond donors (Lipinski definition) is 1. The summed E-state index contributed by atoms with van der Waals surface area (Å²) in [4.78, 5) is 4.33. The number of nitrogens with one attached hydrogen (secondary N) is 1. The molecule has 0 amide bonds. The minimum absolute atomic E-state index is 0.136. The molecule has 1 N–H and O–H groups in total. The predicted molar refractivity (Wildman–Crippen MR) is 80.1 cm³/mol. The number of nitrogens with zero attached hydrogens (tertiary/aromatic N) is 1. The van der Waals surface area contributed by atoms with Crippen LogP contribution in [-0.4, -0.2) is 11.5 Å². The summed E-state index contributed by atoms with van der Waals surface area (Å²) in [7, 11) is 0. The number of halogens is 1. The van der Waals surface area contributed by atoms with Crippen LogP contribution in [0.25, 0.3) is 0 Å². The Morgan fingerprint density at radius 2 is 2.10 bits per heavy atom. The summed E-state index contributed by atoms with van der Waals surface area (Å²) >= 11 is 0. The molecule has 0 bridgehead atoms. The molecule has 3 heteroatoms. The molecule has 0 aliphatic heterocycles. The van der Waals surface area contributed by atoms with Crippen molar-refractivity contribution >= 4 is 0 Å². The summed E-state index contributed by atoms with van der Waals surface area (Å²) < 4.78 is 13.7. The highest BCUT2D eigenvalue weighted by Gasteiger charge is 2.12. The lowest BCUT2D eigenvalue weighted by molar-refractivity contribution is 0.508. The minimum Gasteiger partial charge on any atom is -0.310 e. The molecule has 2 rings (SSSR count). The van der Waals surface area contributed by atoms with Gasteiger partial charge in [-0.3, -0.25) is 4.98 Å². The van der Waals surface area contributed by atoms with E-state index in [2.05, 4.69) is 17.2 Å². The Kier molecular flexibility index (Phi) is 5.24. The highest BCUT2D eigenvalue weighted by molar-refractivity contribution is 5.26. The quantitative estimate of drug-likeness (QED) is 0.865. The van der Waals surface area contributed by atoms with Crippen molar-refractivity contribution in [2.45, 2.75) is 32.7 Å². The molecule has 0 fully saturated rings. The molecule has 2 aromatic rings. The Labute approximate surface area is 120 Å². The average molecular weight is 272 g/mol.